The zero-order chi connectivity index (χ0) is 12.3. The molecule has 17 heavy (non-hydrogen) atoms. The first-order chi connectivity index (χ1) is 8.11. The van der Waals surface area contributed by atoms with Gasteiger partial charge < -0.3 is 10.6 Å². The Balaban J connectivity index is 1.63. The molecule has 0 bridgehead atoms. The van der Waals surface area contributed by atoms with E-state index in [0.29, 0.717) is 5.41 Å². The van der Waals surface area contributed by atoms with Crippen LogP contribution in [0.1, 0.15) is 52.4 Å². The van der Waals surface area contributed by atoms with Crippen LogP contribution in [0.3, 0.4) is 0 Å². The molecule has 2 heteroatoms. The second-order valence-corrected chi connectivity index (χ2v) is 7.02. The van der Waals surface area contributed by atoms with E-state index in [0.717, 1.165) is 24.8 Å². The summed E-state index contributed by atoms with van der Waals surface area (Å²) in [6.45, 7) is 9.66. The van der Waals surface area contributed by atoms with E-state index in [9.17, 15) is 0 Å². The molecule has 2 unspecified atom stereocenters. The van der Waals surface area contributed by atoms with E-state index in [1.807, 2.05) is 0 Å². The summed E-state index contributed by atoms with van der Waals surface area (Å²) in [5, 5.41) is 0. The molecule has 2 aliphatic rings. The lowest BCUT2D eigenvalue weighted by Gasteiger charge is -2.25. The fourth-order valence-electron chi connectivity index (χ4n) is 3.81. The molecule has 1 saturated heterocycles. The van der Waals surface area contributed by atoms with Crippen molar-refractivity contribution in [2.24, 2.45) is 23.0 Å². The van der Waals surface area contributed by atoms with E-state index in [1.165, 1.54) is 51.7 Å². The van der Waals surface area contributed by atoms with Crippen molar-refractivity contribution in [3.8, 4) is 0 Å². The Morgan fingerprint density at radius 1 is 1.12 bits per heavy atom. The first kappa shape index (κ1) is 13.4. The molecule has 0 spiro atoms. The maximum atomic E-state index is 5.66. The highest BCUT2D eigenvalue weighted by atomic mass is 15.2. The summed E-state index contributed by atoms with van der Waals surface area (Å²) in [6.07, 6.45) is 8.34. The van der Waals surface area contributed by atoms with E-state index >= 15 is 0 Å². The Kier molecular flexibility index (Phi) is 4.48. The summed E-state index contributed by atoms with van der Waals surface area (Å²) >= 11 is 0. The van der Waals surface area contributed by atoms with Crippen molar-refractivity contribution < 1.29 is 0 Å². The van der Waals surface area contributed by atoms with Gasteiger partial charge in [-0.2, -0.15) is 0 Å². The zero-order valence-corrected chi connectivity index (χ0v) is 11.8. The van der Waals surface area contributed by atoms with Gasteiger partial charge in [-0.1, -0.05) is 20.3 Å². The molecule has 2 rings (SSSR count). The second kappa shape index (κ2) is 5.71. The van der Waals surface area contributed by atoms with Gasteiger partial charge in [0.05, 0.1) is 0 Å². The summed E-state index contributed by atoms with van der Waals surface area (Å²) in [5.74, 6) is 2.10. The number of fused-ring (bicyclic) bond motifs is 1. The van der Waals surface area contributed by atoms with E-state index < -0.39 is 0 Å². The molecular formula is C15H30N2. The van der Waals surface area contributed by atoms with Crippen molar-refractivity contribution in [2.45, 2.75) is 52.4 Å². The van der Waals surface area contributed by atoms with Crippen molar-refractivity contribution in [2.75, 3.05) is 26.2 Å². The molecule has 1 aliphatic carbocycles. The topological polar surface area (TPSA) is 29.3 Å². The number of nitrogens with two attached hydrogens (primary N) is 1. The minimum atomic E-state index is 0.449. The lowest BCUT2D eigenvalue weighted by Crippen LogP contribution is -2.25. The van der Waals surface area contributed by atoms with Gasteiger partial charge in [0.2, 0.25) is 0 Å². The van der Waals surface area contributed by atoms with Gasteiger partial charge in [0.25, 0.3) is 0 Å². The number of rotatable bonds is 6. The van der Waals surface area contributed by atoms with Gasteiger partial charge in [0.15, 0.2) is 0 Å². The fraction of sp³-hybridized carbons (Fsp3) is 1.00. The number of hydrogen-bond acceptors (Lipinski definition) is 2. The molecule has 0 radical (unpaired) electrons. The molecule has 2 atom stereocenters. The highest BCUT2D eigenvalue weighted by Gasteiger charge is 2.35. The van der Waals surface area contributed by atoms with Crippen LogP contribution in [0.15, 0.2) is 0 Å². The van der Waals surface area contributed by atoms with Crippen molar-refractivity contribution in [3.05, 3.63) is 0 Å². The predicted molar refractivity (Wildman–Crippen MR) is 74.0 cm³/mol. The third-order valence-corrected chi connectivity index (χ3v) is 4.95. The van der Waals surface area contributed by atoms with Crippen LogP contribution >= 0.6 is 0 Å². The Bertz CT molecular complexity index is 225. The molecule has 1 aliphatic heterocycles. The molecule has 100 valence electrons. The SMILES string of the molecule is CC(C)(CCN)CCCN1CC2CCCC2C1. The van der Waals surface area contributed by atoms with Crippen LogP contribution in [0.5, 0.6) is 0 Å². The van der Waals surface area contributed by atoms with Gasteiger partial charge in [0.1, 0.15) is 0 Å². The lowest BCUT2D eigenvalue weighted by atomic mass is 9.84. The minimum Gasteiger partial charge on any atom is -0.330 e. The Hall–Kier alpha value is -0.0800. The van der Waals surface area contributed by atoms with E-state index in [2.05, 4.69) is 18.7 Å². The van der Waals surface area contributed by atoms with E-state index in [1.54, 1.807) is 0 Å². The van der Waals surface area contributed by atoms with Gasteiger partial charge in [-0.3, -0.25) is 0 Å². The highest BCUT2D eigenvalue weighted by Crippen LogP contribution is 2.38. The van der Waals surface area contributed by atoms with Crippen LogP contribution in [0.2, 0.25) is 0 Å². The molecule has 0 amide bonds. The van der Waals surface area contributed by atoms with Crippen molar-refractivity contribution in [1.29, 1.82) is 0 Å². The van der Waals surface area contributed by atoms with Gasteiger partial charge in [-0.05, 0) is 62.4 Å². The maximum Gasteiger partial charge on any atom is 0.00129 e. The smallest absolute Gasteiger partial charge is 0.00129 e. The standard InChI is InChI=1S/C15H30N2/c1-15(2,8-9-16)7-4-10-17-11-13-5-3-6-14(13)12-17/h13-14H,3-12,16H2,1-2H3. The highest BCUT2D eigenvalue weighted by molar-refractivity contribution is 4.88. The molecule has 1 saturated carbocycles. The van der Waals surface area contributed by atoms with E-state index in [4.69, 9.17) is 5.73 Å². The Labute approximate surface area is 107 Å². The summed E-state index contributed by atoms with van der Waals surface area (Å²) in [7, 11) is 0. The quantitative estimate of drug-likeness (QED) is 0.771. The molecule has 0 aromatic carbocycles. The van der Waals surface area contributed by atoms with Crippen LogP contribution in [0.4, 0.5) is 0 Å². The van der Waals surface area contributed by atoms with Crippen molar-refractivity contribution in [1.82, 2.24) is 4.90 Å². The Morgan fingerprint density at radius 2 is 1.76 bits per heavy atom. The monoisotopic (exact) mass is 238 g/mol. The van der Waals surface area contributed by atoms with Crippen LogP contribution in [0.25, 0.3) is 0 Å². The third-order valence-electron chi connectivity index (χ3n) is 4.95. The molecular weight excluding hydrogens is 208 g/mol. The first-order valence-corrected chi connectivity index (χ1v) is 7.53. The average molecular weight is 238 g/mol. The summed E-state index contributed by atoms with van der Waals surface area (Å²) in [5.41, 5.74) is 6.11. The van der Waals surface area contributed by atoms with Crippen LogP contribution in [-0.2, 0) is 0 Å². The fourth-order valence-corrected chi connectivity index (χ4v) is 3.81. The number of likely N-dealkylation sites (tertiary alicyclic amines) is 1. The van der Waals surface area contributed by atoms with Gasteiger partial charge >= 0.3 is 0 Å². The lowest BCUT2D eigenvalue weighted by molar-refractivity contribution is 0.254. The maximum absolute atomic E-state index is 5.66. The molecule has 2 N–H and O–H groups in total. The third kappa shape index (κ3) is 3.69. The normalized spacial score (nSPS) is 29.8. The first-order valence-electron chi connectivity index (χ1n) is 7.53. The van der Waals surface area contributed by atoms with Crippen molar-refractivity contribution >= 4 is 0 Å². The second-order valence-electron chi connectivity index (χ2n) is 7.02. The summed E-state index contributed by atoms with van der Waals surface area (Å²) in [6, 6.07) is 0. The number of nitrogens with zero attached hydrogens (tertiary/aromatic N) is 1. The summed E-state index contributed by atoms with van der Waals surface area (Å²) in [4.78, 5) is 2.72. The zero-order valence-electron chi connectivity index (χ0n) is 11.8. The summed E-state index contributed by atoms with van der Waals surface area (Å²) < 4.78 is 0. The molecule has 0 aromatic heterocycles. The molecule has 1 heterocycles. The van der Waals surface area contributed by atoms with Crippen LogP contribution in [0, 0.1) is 17.3 Å². The predicted octanol–water partition coefficient (Wildman–Crippen LogP) is 2.87. The van der Waals surface area contributed by atoms with Gasteiger partial charge in [-0.15, -0.1) is 0 Å². The molecule has 0 aromatic rings. The van der Waals surface area contributed by atoms with Crippen molar-refractivity contribution in [3.63, 3.8) is 0 Å². The van der Waals surface area contributed by atoms with Crippen LogP contribution in [-0.4, -0.2) is 31.1 Å². The molecule has 2 nitrogen and oxygen atoms in total. The average Bonchev–Trinajstić information content (AvgIpc) is 2.76. The number of hydrogen-bond donors (Lipinski definition) is 1. The van der Waals surface area contributed by atoms with Crippen LogP contribution < -0.4 is 5.73 Å². The van der Waals surface area contributed by atoms with Gasteiger partial charge in [0, 0.05) is 13.1 Å². The Morgan fingerprint density at radius 3 is 2.35 bits per heavy atom. The van der Waals surface area contributed by atoms with E-state index in [-0.39, 0.29) is 0 Å². The molecule has 2 fully saturated rings. The minimum absolute atomic E-state index is 0.449. The largest absolute Gasteiger partial charge is 0.330 e. The van der Waals surface area contributed by atoms with Gasteiger partial charge in [-0.25, -0.2) is 0 Å².